The van der Waals surface area contributed by atoms with Gasteiger partial charge in [-0.05, 0) is 36.8 Å². The number of carbonyl (C=O) groups excluding carboxylic acids is 1. The summed E-state index contributed by atoms with van der Waals surface area (Å²) in [5, 5.41) is 11.3. The first-order valence-corrected chi connectivity index (χ1v) is 7.08. The molecule has 0 fully saturated rings. The highest BCUT2D eigenvalue weighted by molar-refractivity contribution is 5.94. The Labute approximate surface area is 132 Å². The largest absolute Gasteiger partial charge is 0.489 e. The molecule has 4 nitrogen and oxygen atoms in total. The van der Waals surface area contributed by atoms with E-state index in [1.54, 1.807) is 19.1 Å². The molecule has 2 N–H and O–H groups in total. The van der Waals surface area contributed by atoms with E-state index in [4.69, 9.17) is 9.84 Å². The summed E-state index contributed by atoms with van der Waals surface area (Å²) in [6.45, 7) is 1.46. The van der Waals surface area contributed by atoms with Crippen molar-refractivity contribution in [1.29, 1.82) is 0 Å². The first-order valence-electron chi connectivity index (χ1n) is 7.08. The molecule has 1 amide bonds. The van der Waals surface area contributed by atoms with E-state index >= 15 is 0 Å². The van der Waals surface area contributed by atoms with Gasteiger partial charge in [-0.3, -0.25) is 4.79 Å². The molecule has 0 aliphatic heterocycles. The summed E-state index contributed by atoms with van der Waals surface area (Å²) in [6.07, 6.45) is 0. The zero-order valence-electron chi connectivity index (χ0n) is 12.6. The molecule has 122 valence electrons. The van der Waals surface area contributed by atoms with E-state index in [0.29, 0.717) is 5.56 Å². The van der Waals surface area contributed by atoms with Crippen LogP contribution in [0, 0.1) is 11.6 Å². The number of hydrogen-bond acceptors (Lipinski definition) is 3. The van der Waals surface area contributed by atoms with Gasteiger partial charge in [-0.25, -0.2) is 8.78 Å². The second-order valence-electron chi connectivity index (χ2n) is 5.12. The number of aliphatic hydroxyl groups is 1. The van der Waals surface area contributed by atoms with Gasteiger partial charge in [-0.2, -0.15) is 0 Å². The number of amides is 1. The first-order chi connectivity index (χ1) is 11.0. The Bertz CT molecular complexity index is 691. The highest BCUT2D eigenvalue weighted by atomic mass is 19.1. The summed E-state index contributed by atoms with van der Waals surface area (Å²) >= 11 is 0. The second-order valence-corrected chi connectivity index (χ2v) is 5.12. The zero-order valence-corrected chi connectivity index (χ0v) is 12.6. The van der Waals surface area contributed by atoms with Crippen LogP contribution in [0.25, 0.3) is 0 Å². The third-order valence-corrected chi connectivity index (χ3v) is 3.13. The average Bonchev–Trinajstić information content (AvgIpc) is 2.52. The van der Waals surface area contributed by atoms with E-state index in [0.717, 1.165) is 6.07 Å². The number of halogens is 2. The van der Waals surface area contributed by atoms with E-state index < -0.39 is 17.8 Å². The standard InChI is InChI=1S/C17H17F2NO3/c1-11(9-21)20-17(22)15-6-5-14(8-16(15)19)23-10-12-3-2-4-13(18)7-12/h2-8,11,21H,9-10H2,1H3,(H,20,22). The highest BCUT2D eigenvalue weighted by Gasteiger charge is 2.14. The van der Waals surface area contributed by atoms with E-state index in [-0.39, 0.29) is 30.3 Å². The van der Waals surface area contributed by atoms with Gasteiger partial charge in [0.05, 0.1) is 12.2 Å². The minimum atomic E-state index is -0.732. The fourth-order valence-electron chi connectivity index (χ4n) is 1.91. The Kier molecular flexibility index (Phi) is 5.65. The topological polar surface area (TPSA) is 58.6 Å². The summed E-state index contributed by atoms with van der Waals surface area (Å²) in [7, 11) is 0. The van der Waals surface area contributed by atoms with Crippen molar-refractivity contribution in [2.75, 3.05) is 6.61 Å². The van der Waals surface area contributed by atoms with Gasteiger partial charge in [0.15, 0.2) is 0 Å². The van der Waals surface area contributed by atoms with E-state index in [9.17, 15) is 13.6 Å². The number of ether oxygens (including phenoxy) is 1. The zero-order chi connectivity index (χ0) is 16.8. The number of rotatable bonds is 6. The van der Waals surface area contributed by atoms with Crippen LogP contribution >= 0.6 is 0 Å². The van der Waals surface area contributed by atoms with Crippen molar-refractivity contribution in [3.63, 3.8) is 0 Å². The van der Waals surface area contributed by atoms with E-state index in [1.165, 1.54) is 24.3 Å². The molecule has 0 aliphatic carbocycles. The van der Waals surface area contributed by atoms with Crippen LogP contribution in [0.3, 0.4) is 0 Å². The van der Waals surface area contributed by atoms with Gasteiger partial charge in [-0.1, -0.05) is 12.1 Å². The molecule has 0 saturated carbocycles. The molecule has 0 heterocycles. The van der Waals surface area contributed by atoms with Crippen LogP contribution in [0.2, 0.25) is 0 Å². The molecule has 1 unspecified atom stereocenters. The number of benzene rings is 2. The molecular formula is C17H17F2NO3. The second kappa shape index (κ2) is 7.69. The number of carbonyl (C=O) groups is 1. The van der Waals surface area contributed by atoms with Crippen molar-refractivity contribution in [2.24, 2.45) is 0 Å². The van der Waals surface area contributed by atoms with Gasteiger partial charge in [0.25, 0.3) is 5.91 Å². The predicted molar refractivity (Wildman–Crippen MR) is 81.1 cm³/mol. The van der Waals surface area contributed by atoms with Crippen LogP contribution in [0.4, 0.5) is 8.78 Å². The summed E-state index contributed by atoms with van der Waals surface area (Å²) in [5.74, 6) is -1.48. The van der Waals surface area contributed by atoms with Crippen molar-refractivity contribution in [3.05, 3.63) is 65.2 Å². The van der Waals surface area contributed by atoms with Crippen molar-refractivity contribution in [3.8, 4) is 5.75 Å². The Morgan fingerprint density at radius 2 is 2.04 bits per heavy atom. The Balaban J connectivity index is 2.02. The summed E-state index contributed by atoms with van der Waals surface area (Å²) in [4.78, 5) is 11.8. The van der Waals surface area contributed by atoms with Crippen molar-refractivity contribution < 1.29 is 23.4 Å². The van der Waals surface area contributed by atoms with E-state index in [2.05, 4.69) is 5.32 Å². The molecule has 0 radical (unpaired) electrons. The smallest absolute Gasteiger partial charge is 0.254 e. The number of aliphatic hydroxyl groups excluding tert-OH is 1. The van der Waals surface area contributed by atoms with Crippen molar-refractivity contribution in [2.45, 2.75) is 19.6 Å². The van der Waals surface area contributed by atoms with Gasteiger partial charge in [0, 0.05) is 12.1 Å². The van der Waals surface area contributed by atoms with E-state index in [1.807, 2.05) is 0 Å². The normalized spacial score (nSPS) is 11.8. The minimum absolute atomic E-state index is 0.0876. The molecule has 0 aromatic heterocycles. The SMILES string of the molecule is CC(CO)NC(=O)c1ccc(OCc2cccc(F)c2)cc1F. The molecule has 1 atom stereocenters. The lowest BCUT2D eigenvalue weighted by atomic mass is 10.1. The quantitative estimate of drug-likeness (QED) is 0.860. The van der Waals surface area contributed by atoms with Crippen LogP contribution in [0.1, 0.15) is 22.8 Å². The molecule has 6 heteroatoms. The maximum Gasteiger partial charge on any atom is 0.254 e. The van der Waals surface area contributed by atoms with Gasteiger partial charge in [0.2, 0.25) is 0 Å². The van der Waals surface area contributed by atoms with Gasteiger partial charge in [0.1, 0.15) is 24.0 Å². The van der Waals surface area contributed by atoms with Crippen molar-refractivity contribution >= 4 is 5.91 Å². The third-order valence-electron chi connectivity index (χ3n) is 3.13. The lowest BCUT2D eigenvalue weighted by Crippen LogP contribution is -2.35. The first kappa shape index (κ1) is 16.9. The van der Waals surface area contributed by atoms with Gasteiger partial charge in [-0.15, -0.1) is 0 Å². The fraction of sp³-hybridized carbons (Fsp3) is 0.235. The Hall–Kier alpha value is -2.47. The van der Waals surface area contributed by atoms with Crippen molar-refractivity contribution in [1.82, 2.24) is 5.32 Å². The molecule has 2 aromatic carbocycles. The average molecular weight is 321 g/mol. The van der Waals surface area contributed by atoms with Crippen LogP contribution in [0.15, 0.2) is 42.5 Å². The lowest BCUT2D eigenvalue weighted by molar-refractivity contribution is 0.0918. The third kappa shape index (κ3) is 4.75. The minimum Gasteiger partial charge on any atom is -0.489 e. The molecule has 0 spiro atoms. The molecular weight excluding hydrogens is 304 g/mol. The van der Waals surface area contributed by atoms with Crippen LogP contribution in [-0.4, -0.2) is 23.7 Å². The van der Waals surface area contributed by atoms with Gasteiger partial charge >= 0.3 is 0 Å². The van der Waals surface area contributed by atoms with Crippen LogP contribution in [-0.2, 0) is 6.61 Å². The number of nitrogens with one attached hydrogen (secondary N) is 1. The maximum absolute atomic E-state index is 14.0. The molecule has 0 bridgehead atoms. The van der Waals surface area contributed by atoms with Crippen LogP contribution in [0.5, 0.6) is 5.75 Å². The summed E-state index contributed by atoms with van der Waals surface area (Å²) < 4.78 is 32.4. The lowest BCUT2D eigenvalue weighted by Gasteiger charge is -2.12. The monoisotopic (exact) mass is 321 g/mol. The molecule has 2 aromatic rings. The summed E-state index contributed by atoms with van der Waals surface area (Å²) in [5.41, 5.74) is 0.479. The maximum atomic E-state index is 14.0. The fourth-order valence-corrected chi connectivity index (χ4v) is 1.91. The summed E-state index contributed by atoms with van der Waals surface area (Å²) in [6, 6.07) is 9.29. The Morgan fingerprint density at radius 1 is 1.26 bits per heavy atom. The van der Waals surface area contributed by atoms with Gasteiger partial charge < -0.3 is 15.2 Å². The predicted octanol–water partition coefficient (Wildman–Crippen LogP) is 2.65. The molecule has 0 saturated heterocycles. The van der Waals surface area contributed by atoms with Crippen LogP contribution < -0.4 is 10.1 Å². The number of hydrogen-bond donors (Lipinski definition) is 2. The molecule has 2 rings (SSSR count). The molecule has 23 heavy (non-hydrogen) atoms. The highest BCUT2D eigenvalue weighted by Crippen LogP contribution is 2.18. The molecule has 0 aliphatic rings. The Morgan fingerprint density at radius 3 is 2.70 bits per heavy atom.